The number of fused-ring (bicyclic) bond motifs is 1. The minimum atomic E-state index is 0.0731. The molecule has 1 aliphatic carbocycles. The van der Waals surface area contributed by atoms with Crippen LogP contribution in [0.15, 0.2) is 23.1 Å². The molecule has 2 aromatic heterocycles. The molecule has 6 nitrogen and oxygen atoms in total. The normalized spacial score (nSPS) is 18.4. The molecule has 128 valence electrons. The highest BCUT2D eigenvalue weighted by molar-refractivity contribution is 5.20. The standard InChI is InChI=1S/C18H25N5O/c1-21-16(6-8-19-21)7-9-22-11-14(12-22)13-23-18(24)10-15-4-2-3-5-17(15)20-23/h6,8,10,14H,2-5,7,9,11-13H2,1H3. The van der Waals surface area contributed by atoms with E-state index in [1.165, 1.54) is 24.1 Å². The fourth-order valence-electron chi connectivity index (χ4n) is 3.87. The Morgan fingerprint density at radius 3 is 2.88 bits per heavy atom. The highest BCUT2D eigenvalue weighted by atomic mass is 16.1. The Bertz CT molecular complexity index is 772. The predicted octanol–water partition coefficient (Wildman–Crippen LogP) is 1.03. The maximum absolute atomic E-state index is 12.2. The molecule has 0 atom stereocenters. The van der Waals surface area contributed by atoms with Gasteiger partial charge in [-0.3, -0.25) is 9.48 Å². The van der Waals surface area contributed by atoms with Crippen LogP contribution in [0.5, 0.6) is 0 Å². The lowest BCUT2D eigenvalue weighted by Gasteiger charge is -2.39. The molecule has 0 aromatic carbocycles. The number of likely N-dealkylation sites (tertiary alicyclic amines) is 1. The van der Waals surface area contributed by atoms with Crippen molar-refractivity contribution in [3.8, 4) is 0 Å². The Kier molecular flexibility index (Phi) is 4.22. The molecular weight excluding hydrogens is 302 g/mol. The van der Waals surface area contributed by atoms with Crippen molar-refractivity contribution in [1.29, 1.82) is 0 Å². The molecule has 24 heavy (non-hydrogen) atoms. The molecule has 4 rings (SSSR count). The van der Waals surface area contributed by atoms with Crippen LogP contribution in [0, 0.1) is 5.92 Å². The van der Waals surface area contributed by atoms with Crippen molar-refractivity contribution in [1.82, 2.24) is 24.5 Å². The van der Waals surface area contributed by atoms with Crippen molar-refractivity contribution in [2.45, 2.75) is 38.6 Å². The van der Waals surface area contributed by atoms with Gasteiger partial charge in [-0.05, 0) is 37.3 Å². The van der Waals surface area contributed by atoms with Crippen LogP contribution in [0.1, 0.15) is 29.8 Å². The summed E-state index contributed by atoms with van der Waals surface area (Å²) < 4.78 is 3.64. The highest BCUT2D eigenvalue weighted by Gasteiger charge is 2.27. The molecule has 1 saturated heterocycles. The van der Waals surface area contributed by atoms with Gasteiger partial charge >= 0.3 is 0 Å². The molecule has 0 N–H and O–H groups in total. The van der Waals surface area contributed by atoms with E-state index in [0.29, 0.717) is 5.92 Å². The summed E-state index contributed by atoms with van der Waals surface area (Å²) in [7, 11) is 1.99. The minimum absolute atomic E-state index is 0.0731. The van der Waals surface area contributed by atoms with Crippen LogP contribution in [0.4, 0.5) is 0 Å². The van der Waals surface area contributed by atoms with E-state index < -0.39 is 0 Å². The minimum Gasteiger partial charge on any atom is -0.302 e. The molecule has 6 heteroatoms. The maximum atomic E-state index is 12.2. The van der Waals surface area contributed by atoms with Gasteiger partial charge in [-0.2, -0.15) is 10.2 Å². The zero-order chi connectivity index (χ0) is 16.5. The van der Waals surface area contributed by atoms with E-state index in [9.17, 15) is 4.79 Å². The van der Waals surface area contributed by atoms with Gasteiger partial charge in [-0.25, -0.2) is 4.68 Å². The third kappa shape index (κ3) is 3.15. The van der Waals surface area contributed by atoms with Crippen molar-refractivity contribution < 1.29 is 0 Å². The third-order valence-electron chi connectivity index (χ3n) is 5.34. The SMILES string of the molecule is Cn1nccc1CCN1CC(Cn2nc3c(cc2=O)CCCC3)C1. The first-order valence-electron chi connectivity index (χ1n) is 8.98. The summed E-state index contributed by atoms with van der Waals surface area (Å²) in [5.41, 5.74) is 3.66. The second-order valence-electron chi connectivity index (χ2n) is 7.17. The van der Waals surface area contributed by atoms with Gasteiger partial charge in [0.15, 0.2) is 0 Å². The monoisotopic (exact) mass is 327 g/mol. The van der Waals surface area contributed by atoms with Gasteiger partial charge in [0.25, 0.3) is 5.56 Å². The summed E-state index contributed by atoms with van der Waals surface area (Å²) in [6, 6.07) is 3.90. The largest absolute Gasteiger partial charge is 0.302 e. The molecule has 2 aliphatic rings. The molecule has 2 aromatic rings. The second kappa shape index (κ2) is 6.51. The Morgan fingerprint density at radius 2 is 2.08 bits per heavy atom. The lowest BCUT2D eigenvalue weighted by atomic mass is 9.96. The van der Waals surface area contributed by atoms with E-state index >= 15 is 0 Å². The van der Waals surface area contributed by atoms with E-state index in [4.69, 9.17) is 0 Å². The summed E-state index contributed by atoms with van der Waals surface area (Å²) in [6.07, 6.45) is 7.30. The van der Waals surface area contributed by atoms with Gasteiger partial charge in [-0.15, -0.1) is 0 Å². The van der Waals surface area contributed by atoms with Crippen LogP contribution < -0.4 is 5.56 Å². The Morgan fingerprint density at radius 1 is 1.25 bits per heavy atom. The first-order valence-corrected chi connectivity index (χ1v) is 8.98. The van der Waals surface area contributed by atoms with Gasteiger partial charge in [0.05, 0.1) is 12.2 Å². The van der Waals surface area contributed by atoms with E-state index in [0.717, 1.165) is 51.1 Å². The fourth-order valence-corrected chi connectivity index (χ4v) is 3.87. The van der Waals surface area contributed by atoms with Gasteiger partial charge in [0.1, 0.15) is 0 Å². The zero-order valence-electron chi connectivity index (χ0n) is 14.3. The molecule has 0 amide bonds. The van der Waals surface area contributed by atoms with E-state index in [1.54, 1.807) is 4.68 Å². The molecular formula is C18H25N5O. The van der Waals surface area contributed by atoms with Gasteiger partial charge in [-0.1, -0.05) is 0 Å². The summed E-state index contributed by atoms with van der Waals surface area (Å²) in [5.74, 6) is 0.545. The molecule has 1 fully saturated rings. The molecule has 0 radical (unpaired) electrons. The number of aromatic nitrogens is 4. The first-order chi connectivity index (χ1) is 11.7. The number of rotatable bonds is 5. The first kappa shape index (κ1) is 15.6. The molecule has 0 spiro atoms. The average molecular weight is 327 g/mol. The Balaban J connectivity index is 1.30. The molecule has 0 saturated carbocycles. The van der Waals surface area contributed by atoms with Crippen LogP contribution in [0.3, 0.4) is 0 Å². The van der Waals surface area contributed by atoms with Crippen LogP contribution in [0.25, 0.3) is 0 Å². The lowest BCUT2D eigenvalue weighted by Crippen LogP contribution is -2.50. The maximum Gasteiger partial charge on any atom is 0.267 e. The molecule has 0 unspecified atom stereocenters. The van der Waals surface area contributed by atoms with Crippen LogP contribution in [-0.4, -0.2) is 44.1 Å². The predicted molar refractivity (Wildman–Crippen MR) is 92.0 cm³/mol. The lowest BCUT2D eigenvalue weighted by molar-refractivity contribution is 0.0848. The number of hydrogen-bond acceptors (Lipinski definition) is 4. The smallest absolute Gasteiger partial charge is 0.267 e. The number of aryl methyl sites for hydroxylation is 3. The summed E-state index contributed by atoms with van der Waals surface area (Å²) in [6.45, 7) is 3.93. The van der Waals surface area contributed by atoms with E-state index in [2.05, 4.69) is 21.2 Å². The quantitative estimate of drug-likeness (QED) is 0.823. The van der Waals surface area contributed by atoms with Crippen molar-refractivity contribution in [2.75, 3.05) is 19.6 Å². The summed E-state index contributed by atoms with van der Waals surface area (Å²) >= 11 is 0. The van der Waals surface area contributed by atoms with E-state index in [-0.39, 0.29) is 5.56 Å². The fraction of sp³-hybridized carbons (Fsp3) is 0.611. The number of nitrogens with zero attached hydrogens (tertiary/aromatic N) is 5. The third-order valence-corrected chi connectivity index (χ3v) is 5.34. The molecule has 0 bridgehead atoms. The summed E-state index contributed by atoms with van der Waals surface area (Å²) in [5, 5.41) is 8.84. The average Bonchev–Trinajstić information content (AvgIpc) is 2.95. The number of hydrogen-bond donors (Lipinski definition) is 0. The van der Waals surface area contributed by atoms with Crippen molar-refractivity contribution in [2.24, 2.45) is 13.0 Å². The summed E-state index contributed by atoms with van der Waals surface area (Å²) in [4.78, 5) is 14.7. The van der Waals surface area contributed by atoms with Crippen molar-refractivity contribution in [3.63, 3.8) is 0 Å². The van der Waals surface area contributed by atoms with Gasteiger partial charge in [0.2, 0.25) is 0 Å². The van der Waals surface area contributed by atoms with Gasteiger partial charge in [0, 0.05) is 57.0 Å². The van der Waals surface area contributed by atoms with Crippen LogP contribution in [-0.2, 0) is 32.9 Å². The topological polar surface area (TPSA) is 56.0 Å². The van der Waals surface area contributed by atoms with E-state index in [1.807, 2.05) is 24.0 Å². The zero-order valence-corrected chi connectivity index (χ0v) is 14.3. The van der Waals surface area contributed by atoms with Crippen molar-refractivity contribution >= 4 is 0 Å². The van der Waals surface area contributed by atoms with Gasteiger partial charge < -0.3 is 4.90 Å². The van der Waals surface area contributed by atoms with Crippen LogP contribution >= 0.6 is 0 Å². The second-order valence-corrected chi connectivity index (χ2v) is 7.17. The Hall–Kier alpha value is -1.95. The molecule has 1 aliphatic heterocycles. The highest BCUT2D eigenvalue weighted by Crippen LogP contribution is 2.19. The Labute approximate surface area is 142 Å². The van der Waals surface area contributed by atoms with Crippen molar-refractivity contribution in [3.05, 3.63) is 45.6 Å². The molecule has 3 heterocycles. The van der Waals surface area contributed by atoms with Crippen LogP contribution in [0.2, 0.25) is 0 Å².